The van der Waals surface area contributed by atoms with Gasteiger partial charge in [0.15, 0.2) is 0 Å². The van der Waals surface area contributed by atoms with E-state index in [9.17, 15) is 4.79 Å². The average molecular weight is 221 g/mol. The number of ether oxygens (including phenoxy) is 1. The molecule has 0 aliphatic rings. The van der Waals surface area contributed by atoms with E-state index in [1.165, 1.54) is 0 Å². The molecule has 0 aliphatic carbocycles. The number of aliphatic hydroxyl groups excluding tert-OH is 1. The van der Waals surface area contributed by atoms with Crippen molar-refractivity contribution in [1.82, 2.24) is 0 Å². The van der Waals surface area contributed by atoms with Crippen molar-refractivity contribution in [3.8, 4) is 0 Å². The Bertz CT molecular complexity index is 346. The summed E-state index contributed by atoms with van der Waals surface area (Å²) in [5, 5.41) is 11.1. The van der Waals surface area contributed by atoms with Gasteiger partial charge in [-0.15, -0.1) is 0 Å². The first-order valence-electron chi connectivity index (χ1n) is 5.03. The number of nitrogens with one attached hydrogen (secondary N) is 1. The van der Waals surface area contributed by atoms with Gasteiger partial charge in [-0.2, -0.15) is 0 Å². The van der Waals surface area contributed by atoms with Gasteiger partial charge in [-0.3, -0.25) is 5.32 Å². The van der Waals surface area contributed by atoms with E-state index in [4.69, 9.17) is 9.84 Å². The molecule has 2 N–H and O–H groups in total. The molecule has 0 radical (unpaired) electrons. The Morgan fingerprint density at radius 1 is 1.44 bits per heavy atom. The Balaban J connectivity index is 2.40. The Kier molecular flexibility index (Phi) is 5.08. The summed E-state index contributed by atoms with van der Waals surface area (Å²) in [6.45, 7) is 3.87. The van der Waals surface area contributed by atoms with Crippen molar-refractivity contribution in [2.24, 2.45) is 0 Å². The molecule has 0 spiro atoms. The number of benzene rings is 1. The van der Waals surface area contributed by atoms with Gasteiger partial charge in [-0.25, -0.2) is 4.79 Å². The number of hydrogen-bond donors (Lipinski definition) is 2. The Morgan fingerprint density at radius 2 is 2.12 bits per heavy atom. The molecule has 0 fully saturated rings. The van der Waals surface area contributed by atoms with Crippen LogP contribution in [0, 0.1) is 0 Å². The Morgan fingerprint density at radius 3 is 2.69 bits per heavy atom. The molecule has 0 saturated heterocycles. The second kappa shape index (κ2) is 6.63. The highest BCUT2D eigenvalue weighted by Gasteiger charge is 2.01. The van der Waals surface area contributed by atoms with Crippen LogP contribution < -0.4 is 5.32 Å². The van der Waals surface area contributed by atoms with Crippen LogP contribution in [0.2, 0.25) is 0 Å². The first kappa shape index (κ1) is 12.3. The zero-order valence-electron chi connectivity index (χ0n) is 8.98. The van der Waals surface area contributed by atoms with E-state index in [1.807, 2.05) is 12.1 Å². The lowest BCUT2D eigenvalue weighted by Gasteiger charge is -2.06. The largest absolute Gasteiger partial charge is 0.449 e. The van der Waals surface area contributed by atoms with Gasteiger partial charge < -0.3 is 9.84 Å². The molecule has 0 unspecified atom stereocenters. The normalized spacial score (nSPS) is 9.56. The summed E-state index contributed by atoms with van der Waals surface area (Å²) in [6.07, 6.45) is 1.66. The van der Waals surface area contributed by atoms with Crippen molar-refractivity contribution in [2.75, 3.05) is 18.5 Å². The van der Waals surface area contributed by atoms with Crippen LogP contribution >= 0.6 is 0 Å². The lowest BCUT2D eigenvalue weighted by molar-refractivity contribution is 0.149. The molecule has 1 amide bonds. The monoisotopic (exact) mass is 221 g/mol. The van der Waals surface area contributed by atoms with Crippen molar-refractivity contribution in [3.63, 3.8) is 0 Å². The molecular formula is C12H15NO3. The molecule has 1 rings (SSSR count). The number of anilines is 1. The maximum absolute atomic E-state index is 11.2. The summed E-state index contributed by atoms with van der Waals surface area (Å²) in [4.78, 5) is 11.2. The third-order valence-electron chi connectivity index (χ3n) is 1.93. The van der Waals surface area contributed by atoms with Gasteiger partial charge in [0.05, 0.1) is 6.61 Å². The van der Waals surface area contributed by atoms with Crippen LogP contribution in [0.4, 0.5) is 10.5 Å². The van der Waals surface area contributed by atoms with Crippen LogP contribution in [-0.4, -0.2) is 24.4 Å². The minimum absolute atomic E-state index is 0.0152. The van der Waals surface area contributed by atoms with Crippen molar-refractivity contribution >= 4 is 17.9 Å². The van der Waals surface area contributed by atoms with E-state index in [1.54, 1.807) is 18.2 Å². The minimum atomic E-state index is -0.514. The van der Waals surface area contributed by atoms with Gasteiger partial charge in [0.25, 0.3) is 0 Å². The van der Waals surface area contributed by atoms with Gasteiger partial charge in [0.2, 0.25) is 0 Å². The van der Waals surface area contributed by atoms with Crippen LogP contribution in [0.3, 0.4) is 0 Å². The smallest absolute Gasteiger partial charge is 0.411 e. The second-order valence-corrected chi connectivity index (χ2v) is 3.16. The second-order valence-electron chi connectivity index (χ2n) is 3.16. The van der Waals surface area contributed by atoms with E-state index >= 15 is 0 Å². The van der Waals surface area contributed by atoms with E-state index in [0.717, 1.165) is 5.56 Å². The minimum Gasteiger partial charge on any atom is -0.449 e. The van der Waals surface area contributed by atoms with E-state index in [2.05, 4.69) is 11.9 Å². The molecular weight excluding hydrogens is 206 g/mol. The fourth-order valence-electron chi connectivity index (χ4n) is 1.09. The summed E-state index contributed by atoms with van der Waals surface area (Å²) in [7, 11) is 0. The van der Waals surface area contributed by atoms with Crippen LogP contribution in [0.25, 0.3) is 6.08 Å². The summed E-state index contributed by atoms with van der Waals surface area (Å²) in [6, 6.07) is 7.22. The lowest BCUT2D eigenvalue weighted by Crippen LogP contribution is -2.14. The average Bonchev–Trinajstić information content (AvgIpc) is 2.30. The number of hydrogen-bond acceptors (Lipinski definition) is 3. The topological polar surface area (TPSA) is 58.6 Å². The summed E-state index contributed by atoms with van der Waals surface area (Å²) >= 11 is 0. The first-order chi connectivity index (χ1) is 7.76. The predicted molar refractivity (Wildman–Crippen MR) is 63.2 cm³/mol. The van der Waals surface area contributed by atoms with Gasteiger partial charge in [0.1, 0.15) is 0 Å². The lowest BCUT2D eigenvalue weighted by atomic mass is 10.2. The van der Waals surface area contributed by atoms with Crippen molar-refractivity contribution in [2.45, 2.75) is 6.42 Å². The zero-order valence-corrected chi connectivity index (χ0v) is 8.98. The Hall–Kier alpha value is -1.81. The number of rotatable bonds is 5. The summed E-state index contributed by atoms with van der Waals surface area (Å²) < 4.78 is 4.81. The maximum atomic E-state index is 11.2. The highest BCUT2D eigenvalue weighted by Crippen LogP contribution is 2.10. The quantitative estimate of drug-likeness (QED) is 0.750. The molecule has 0 aliphatic heterocycles. The molecule has 0 atom stereocenters. The number of carbonyl (C=O) groups excluding carboxylic acids is 1. The van der Waals surface area contributed by atoms with Crippen LogP contribution in [-0.2, 0) is 4.74 Å². The molecule has 0 heterocycles. The molecule has 0 saturated carbocycles. The van der Waals surface area contributed by atoms with Gasteiger partial charge >= 0.3 is 6.09 Å². The fraction of sp³-hybridized carbons (Fsp3) is 0.250. The van der Waals surface area contributed by atoms with E-state index in [-0.39, 0.29) is 13.2 Å². The fourth-order valence-corrected chi connectivity index (χ4v) is 1.09. The molecule has 1 aromatic rings. The van der Waals surface area contributed by atoms with Gasteiger partial charge in [-0.1, -0.05) is 24.8 Å². The van der Waals surface area contributed by atoms with Gasteiger partial charge in [0, 0.05) is 18.7 Å². The molecule has 0 bridgehead atoms. The van der Waals surface area contributed by atoms with Gasteiger partial charge in [-0.05, 0) is 17.7 Å². The van der Waals surface area contributed by atoms with Crippen LogP contribution in [0.5, 0.6) is 0 Å². The van der Waals surface area contributed by atoms with Crippen molar-refractivity contribution < 1.29 is 14.6 Å². The summed E-state index contributed by atoms with van der Waals surface area (Å²) in [5.41, 5.74) is 1.65. The molecule has 16 heavy (non-hydrogen) atoms. The van der Waals surface area contributed by atoms with Crippen LogP contribution in [0.15, 0.2) is 30.8 Å². The SMILES string of the molecule is C=Cc1ccc(NC(=O)OCCCO)cc1. The van der Waals surface area contributed by atoms with Crippen molar-refractivity contribution in [3.05, 3.63) is 36.4 Å². The zero-order chi connectivity index (χ0) is 11.8. The third kappa shape index (κ3) is 4.14. The molecule has 1 aromatic carbocycles. The highest BCUT2D eigenvalue weighted by atomic mass is 16.5. The van der Waals surface area contributed by atoms with E-state index in [0.29, 0.717) is 12.1 Å². The maximum Gasteiger partial charge on any atom is 0.411 e. The molecule has 0 aromatic heterocycles. The van der Waals surface area contributed by atoms with Crippen molar-refractivity contribution in [1.29, 1.82) is 0 Å². The summed E-state index contributed by atoms with van der Waals surface area (Å²) in [5.74, 6) is 0. The predicted octanol–water partition coefficient (Wildman–Crippen LogP) is 2.26. The molecule has 4 nitrogen and oxygen atoms in total. The third-order valence-corrected chi connectivity index (χ3v) is 1.93. The molecule has 86 valence electrons. The van der Waals surface area contributed by atoms with E-state index < -0.39 is 6.09 Å². The first-order valence-corrected chi connectivity index (χ1v) is 5.03. The standard InChI is InChI=1S/C12H15NO3/c1-2-10-4-6-11(7-5-10)13-12(15)16-9-3-8-14/h2,4-7,14H,1,3,8-9H2,(H,13,15). The highest BCUT2D eigenvalue weighted by molar-refractivity contribution is 5.84. The Labute approximate surface area is 94.6 Å². The number of amides is 1. The van der Waals surface area contributed by atoms with Crippen LogP contribution in [0.1, 0.15) is 12.0 Å². The number of carbonyl (C=O) groups is 1. The molecule has 4 heteroatoms. The number of aliphatic hydroxyl groups is 1.